The quantitative estimate of drug-likeness (QED) is 0.699. The molecule has 1 saturated carbocycles. The van der Waals surface area contributed by atoms with Crippen molar-refractivity contribution < 1.29 is 9.59 Å². The van der Waals surface area contributed by atoms with Gasteiger partial charge >= 0.3 is 11.8 Å². The molecule has 2 N–H and O–H groups in total. The van der Waals surface area contributed by atoms with Crippen LogP contribution in [-0.4, -0.2) is 21.8 Å². The van der Waals surface area contributed by atoms with Crippen molar-refractivity contribution >= 4 is 17.5 Å². The van der Waals surface area contributed by atoms with E-state index in [-0.39, 0.29) is 11.5 Å². The lowest BCUT2D eigenvalue weighted by atomic mass is 9.76. The lowest BCUT2D eigenvalue weighted by molar-refractivity contribution is -0.137. The average molecular weight is 423 g/mol. The maximum atomic E-state index is 12.8. The number of aryl methyl sites for hydroxylation is 1. The Kier molecular flexibility index (Phi) is 7.08. The Labute approximate surface area is 185 Å². The lowest BCUT2D eigenvalue weighted by Gasteiger charge is -2.34. The van der Waals surface area contributed by atoms with E-state index in [4.69, 9.17) is 0 Å². The number of hydrogen-bond acceptors (Lipinski definition) is 4. The number of rotatable bonds is 4. The summed E-state index contributed by atoms with van der Waals surface area (Å²) in [6.45, 7) is 10.4. The molecule has 6 heteroatoms. The molecule has 166 valence electrons. The minimum atomic E-state index is -0.699. The molecule has 0 bridgehead atoms. The molecule has 2 amide bonds. The number of benzene rings is 1. The van der Waals surface area contributed by atoms with Crippen LogP contribution >= 0.6 is 0 Å². The summed E-state index contributed by atoms with van der Waals surface area (Å²) >= 11 is 0. The van der Waals surface area contributed by atoms with Gasteiger partial charge in [0, 0.05) is 5.41 Å². The van der Waals surface area contributed by atoms with Gasteiger partial charge in [0.05, 0.1) is 24.1 Å². The molecule has 1 aromatic heterocycles. The Hall–Kier alpha value is -2.76. The van der Waals surface area contributed by atoms with Crippen LogP contribution in [0, 0.1) is 18.8 Å². The molecule has 1 heterocycles. The first-order chi connectivity index (χ1) is 14.6. The zero-order chi connectivity index (χ0) is 22.6. The highest BCUT2D eigenvalue weighted by atomic mass is 16.2. The van der Waals surface area contributed by atoms with Gasteiger partial charge in [0.25, 0.3) is 0 Å². The van der Waals surface area contributed by atoms with Crippen molar-refractivity contribution in [1.29, 1.82) is 0 Å². The van der Waals surface area contributed by atoms with Gasteiger partial charge in [-0.3, -0.25) is 9.59 Å². The molecule has 3 atom stereocenters. The monoisotopic (exact) mass is 422 g/mol. The molecule has 3 rings (SSSR count). The van der Waals surface area contributed by atoms with Crippen molar-refractivity contribution in [2.45, 2.75) is 71.8 Å². The normalized spacial score (nSPS) is 20.0. The molecule has 0 spiro atoms. The molecule has 2 aromatic rings. The Morgan fingerprint density at radius 3 is 2.35 bits per heavy atom. The molecule has 6 nitrogen and oxygen atoms in total. The Morgan fingerprint density at radius 2 is 1.74 bits per heavy atom. The second-order valence-corrected chi connectivity index (χ2v) is 9.84. The van der Waals surface area contributed by atoms with Crippen molar-refractivity contribution in [2.75, 3.05) is 5.32 Å². The Balaban J connectivity index is 1.73. The maximum Gasteiger partial charge on any atom is 0.313 e. The van der Waals surface area contributed by atoms with Gasteiger partial charge < -0.3 is 10.6 Å². The van der Waals surface area contributed by atoms with E-state index in [1.807, 2.05) is 32.9 Å². The fourth-order valence-electron chi connectivity index (χ4n) is 4.34. The van der Waals surface area contributed by atoms with Crippen molar-refractivity contribution in [3.05, 3.63) is 53.6 Å². The van der Waals surface area contributed by atoms with Gasteiger partial charge in [-0.2, -0.15) is 0 Å². The van der Waals surface area contributed by atoms with E-state index in [1.165, 1.54) is 6.42 Å². The second-order valence-electron chi connectivity index (χ2n) is 9.84. The molecule has 1 aromatic carbocycles. The van der Waals surface area contributed by atoms with Crippen LogP contribution < -0.4 is 10.6 Å². The number of nitrogens with one attached hydrogen (secondary N) is 2. The first-order valence-corrected chi connectivity index (χ1v) is 11.1. The van der Waals surface area contributed by atoms with Crippen LogP contribution in [0.25, 0.3) is 0 Å². The molecule has 0 unspecified atom stereocenters. The van der Waals surface area contributed by atoms with Crippen molar-refractivity contribution in [2.24, 2.45) is 11.8 Å². The first kappa shape index (κ1) is 22.9. The van der Waals surface area contributed by atoms with E-state index in [2.05, 4.69) is 46.6 Å². The summed E-state index contributed by atoms with van der Waals surface area (Å²) in [5.41, 5.74) is 2.43. The minimum absolute atomic E-state index is 0.179. The third-order valence-electron chi connectivity index (χ3n) is 6.05. The van der Waals surface area contributed by atoms with Gasteiger partial charge in [0.1, 0.15) is 5.82 Å². The van der Waals surface area contributed by atoms with Gasteiger partial charge in [-0.25, -0.2) is 9.97 Å². The number of nitrogens with zero attached hydrogens (tertiary/aromatic N) is 2. The topological polar surface area (TPSA) is 84.0 Å². The highest BCUT2D eigenvalue weighted by Crippen LogP contribution is 2.38. The lowest BCUT2D eigenvalue weighted by Crippen LogP contribution is -2.41. The van der Waals surface area contributed by atoms with Crippen LogP contribution in [0.1, 0.15) is 76.4 Å². The molecule has 1 aliphatic rings. The molecule has 0 aliphatic heterocycles. The third-order valence-corrected chi connectivity index (χ3v) is 6.05. The summed E-state index contributed by atoms with van der Waals surface area (Å²) in [5, 5.41) is 5.66. The van der Waals surface area contributed by atoms with Crippen molar-refractivity contribution in [1.82, 2.24) is 15.3 Å². The van der Waals surface area contributed by atoms with E-state index in [0.29, 0.717) is 23.3 Å². The fraction of sp³-hybridized carbons (Fsp3) is 0.520. The summed E-state index contributed by atoms with van der Waals surface area (Å²) in [5.74, 6) is 0.285. The predicted molar refractivity (Wildman–Crippen MR) is 123 cm³/mol. The zero-order valence-corrected chi connectivity index (χ0v) is 19.2. The highest BCUT2D eigenvalue weighted by Gasteiger charge is 2.31. The number of carbonyl (C=O) groups excluding carboxylic acids is 2. The average Bonchev–Trinajstić information content (AvgIpc) is 2.72. The molecular weight excluding hydrogens is 388 g/mol. The van der Waals surface area contributed by atoms with Crippen LogP contribution in [0.2, 0.25) is 0 Å². The zero-order valence-electron chi connectivity index (χ0n) is 19.2. The number of carbonyl (C=O) groups is 2. The standard InChI is InChI=1S/C25H34N4O2/c1-16-9-8-11-18(13-16)21(20-12-7-6-10-17(20)2)29-23(31)22(30)28-19-14-26-24(27-15-19)25(3,4)5/h6-7,10,12,14-16,18,21H,8-9,11,13H2,1-5H3,(H,28,30)(H,29,31)/t16-,18-,21-/m1/s1. The van der Waals surface area contributed by atoms with Gasteiger partial charge in [-0.05, 0) is 42.7 Å². The molecule has 1 aliphatic carbocycles. The van der Waals surface area contributed by atoms with Crippen LogP contribution in [-0.2, 0) is 15.0 Å². The van der Waals surface area contributed by atoms with Crippen LogP contribution in [0.5, 0.6) is 0 Å². The second kappa shape index (κ2) is 9.58. The van der Waals surface area contributed by atoms with E-state index in [0.717, 1.165) is 30.4 Å². The van der Waals surface area contributed by atoms with E-state index < -0.39 is 11.8 Å². The van der Waals surface area contributed by atoms with E-state index >= 15 is 0 Å². The summed E-state index contributed by atoms with van der Waals surface area (Å²) in [4.78, 5) is 34.1. The summed E-state index contributed by atoms with van der Waals surface area (Å²) in [6, 6.07) is 7.91. The fourth-order valence-corrected chi connectivity index (χ4v) is 4.34. The van der Waals surface area contributed by atoms with Crippen LogP contribution in [0.3, 0.4) is 0 Å². The largest absolute Gasteiger partial charge is 0.341 e. The summed E-state index contributed by atoms with van der Waals surface area (Å²) in [6.07, 6.45) is 7.54. The van der Waals surface area contributed by atoms with Gasteiger partial charge in [-0.1, -0.05) is 64.8 Å². The van der Waals surface area contributed by atoms with Gasteiger partial charge in [-0.15, -0.1) is 0 Å². The van der Waals surface area contributed by atoms with E-state index in [9.17, 15) is 9.59 Å². The number of anilines is 1. The minimum Gasteiger partial charge on any atom is -0.341 e. The summed E-state index contributed by atoms with van der Waals surface area (Å²) in [7, 11) is 0. The Morgan fingerprint density at radius 1 is 1.06 bits per heavy atom. The highest BCUT2D eigenvalue weighted by molar-refractivity contribution is 6.39. The molecule has 1 fully saturated rings. The first-order valence-electron chi connectivity index (χ1n) is 11.1. The smallest absolute Gasteiger partial charge is 0.313 e. The molecule has 0 saturated heterocycles. The number of amides is 2. The van der Waals surface area contributed by atoms with Crippen LogP contribution in [0.4, 0.5) is 5.69 Å². The van der Waals surface area contributed by atoms with Crippen molar-refractivity contribution in [3.8, 4) is 0 Å². The predicted octanol–water partition coefficient (Wildman–Crippen LogP) is 4.70. The van der Waals surface area contributed by atoms with Crippen LogP contribution in [0.15, 0.2) is 36.7 Å². The summed E-state index contributed by atoms with van der Waals surface area (Å²) < 4.78 is 0. The Bertz CT molecular complexity index is 918. The van der Waals surface area contributed by atoms with Crippen molar-refractivity contribution in [3.63, 3.8) is 0 Å². The molecule has 0 radical (unpaired) electrons. The number of hydrogen-bond donors (Lipinski definition) is 2. The molecular formula is C25H34N4O2. The number of aromatic nitrogens is 2. The van der Waals surface area contributed by atoms with Gasteiger partial charge in [0.2, 0.25) is 0 Å². The third kappa shape index (κ3) is 5.90. The maximum absolute atomic E-state index is 12.8. The SMILES string of the molecule is Cc1ccccc1[C@H](NC(=O)C(=O)Nc1cnc(C(C)(C)C)nc1)[C@@H]1CCC[C@@H](C)C1. The molecule has 31 heavy (non-hydrogen) atoms. The van der Waals surface area contributed by atoms with Gasteiger partial charge in [0.15, 0.2) is 0 Å². The van der Waals surface area contributed by atoms with E-state index in [1.54, 1.807) is 12.4 Å².